The molecule has 0 N–H and O–H groups in total. The SMILES string of the molecule is O=CC1CCCCN1c1ccccc1CCN1CC(Cc2ccccc2Br)C1. The number of halogens is 1. The summed E-state index contributed by atoms with van der Waals surface area (Å²) in [5.74, 6) is 0.760. The zero-order valence-corrected chi connectivity index (χ0v) is 18.0. The van der Waals surface area contributed by atoms with Crippen molar-refractivity contribution < 1.29 is 4.79 Å². The van der Waals surface area contributed by atoms with Gasteiger partial charge in [0.1, 0.15) is 6.29 Å². The number of carbonyl (C=O) groups excluding carboxylic acids is 1. The van der Waals surface area contributed by atoms with Crippen LogP contribution in [0.2, 0.25) is 0 Å². The molecule has 0 amide bonds. The first kappa shape index (κ1) is 19.7. The van der Waals surface area contributed by atoms with Gasteiger partial charge in [-0.15, -0.1) is 0 Å². The Balaban J connectivity index is 1.32. The fraction of sp³-hybridized carbons (Fsp3) is 0.458. The van der Waals surface area contributed by atoms with Gasteiger partial charge in [0.25, 0.3) is 0 Å². The van der Waals surface area contributed by atoms with Crippen molar-refractivity contribution in [2.75, 3.05) is 31.1 Å². The van der Waals surface area contributed by atoms with E-state index in [0.29, 0.717) is 0 Å². The number of anilines is 1. The van der Waals surface area contributed by atoms with Gasteiger partial charge in [-0.25, -0.2) is 0 Å². The highest BCUT2D eigenvalue weighted by atomic mass is 79.9. The third kappa shape index (κ3) is 4.49. The normalized spacial score (nSPS) is 20.8. The predicted molar refractivity (Wildman–Crippen MR) is 119 cm³/mol. The van der Waals surface area contributed by atoms with Crippen LogP contribution < -0.4 is 4.90 Å². The zero-order valence-electron chi connectivity index (χ0n) is 16.4. The molecule has 1 atom stereocenters. The Morgan fingerprint density at radius 3 is 2.54 bits per heavy atom. The minimum absolute atomic E-state index is 0.0487. The van der Waals surface area contributed by atoms with Gasteiger partial charge in [0, 0.05) is 36.3 Å². The molecule has 4 heteroatoms. The van der Waals surface area contributed by atoms with E-state index in [4.69, 9.17) is 0 Å². The largest absolute Gasteiger partial charge is 0.362 e. The van der Waals surface area contributed by atoms with E-state index in [9.17, 15) is 4.79 Å². The molecule has 3 nitrogen and oxygen atoms in total. The summed E-state index contributed by atoms with van der Waals surface area (Å²) in [4.78, 5) is 16.4. The van der Waals surface area contributed by atoms with Gasteiger partial charge < -0.3 is 14.6 Å². The molecule has 0 aliphatic carbocycles. The van der Waals surface area contributed by atoms with E-state index < -0.39 is 0 Å². The van der Waals surface area contributed by atoms with E-state index in [-0.39, 0.29) is 6.04 Å². The number of hydrogen-bond acceptors (Lipinski definition) is 3. The Kier molecular flexibility index (Phi) is 6.48. The number of likely N-dealkylation sites (tertiary alicyclic amines) is 1. The second-order valence-corrected chi connectivity index (χ2v) is 9.05. The van der Waals surface area contributed by atoms with Crippen molar-refractivity contribution in [2.24, 2.45) is 5.92 Å². The molecular weight excluding hydrogens is 412 g/mol. The summed E-state index contributed by atoms with van der Waals surface area (Å²) in [6, 6.07) is 17.3. The lowest BCUT2D eigenvalue weighted by Gasteiger charge is -2.40. The van der Waals surface area contributed by atoms with Gasteiger partial charge in [-0.3, -0.25) is 0 Å². The van der Waals surface area contributed by atoms with Crippen LogP contribution in [0.5, 0.6) is 0 Å². The van der Waals surface area contributed by atoms with Crippen molar-refractivity contribution in [3.05, 3.63) is 64.1 Å². The van der Waals surface area contributed by atoms with Crippen LogP contribution in [0.3, 0.4) is 0 Å². The minimum atomic E-state index is 0.0487. The van der Waals surface area contributed by atoms with Gasteiger partial charge in [0.2, 0.25) is 0 Å². The van der Waals surface area contributed by atoms with E-state index in [1.807, 2.05) is 0 Å². The molecule has 0 bridgehead atoms. The number of piperidine rings is 1. The first-order valence-electron chi connectivity index (χ1n) is 10.5. The Morgan fingerprint density at radius 2 is 1.75 bits per heavy atom. The summed E-state index contributed by atoms with van der Waals surface area (Å²) in [6.07, 6.45) is 6.68. The van der Waals surface area contributed by atoms with Gasteiger partial charge in [-0.05, 0) is 61.3 Å². The minimum Gasteiger partial charge on any atom is -0.362 e. The standard InChI is InChI=1S/C24H29BrN2O/c25-23-10-3-1-8-21(23)15-19-16-26(17-19)14-12-20-7-2-4-11-24(20)27-13-6-5-9-22(27)18-28/h1-4,7-8,10-11,18-19,22H,5-6,9,12-17H2. The third-order valence-corrected chi connectivity index (χ3v) is 6.98. The molecule has 0 saturated carbocycles. The van der Waals surface area contributed by atoms with Crippen molar-refractivity contribution in [3.63, 3.8) is 0 Å². The fourth-order valence-electron chi connectivity index (χ4n) is 4.64. The molecule has 148 valence electrons. The van der Waals surface area contributed by atoms with Crippen LogP contribution in [0.15, 0.2) is 53.0 Å². The van der Waals surface area contributed by atoms with Crippen LogP contribution in [-0.2, 0) is 17.6 Å². The summed E-state index contributed by atoms with van der Waals surface area (Å²) < 4.78 is 1.23. The lowest BCUT2D eigenvalue weighted by Crippen LogP contribution is -2.48. The van der Waals surface area contributed by atoms with Gasteiger partial charge in [-0.1, -0.05) is 52.3 Å². The van der Waals surface area contributed by atoms with E-state index in [2.05, 4.69) is 74.3 Å². The van der Waals surface area contributed by atoms with E-state index >= 15 is 0 Å². The molecule has 2 saturated heterocycles. The number of hydrogen-bond donors (Lipinski definition) is 0. The highest BCUT2D eigenvalue weighted by Crippen LogP contribution is 2.29. The summed E-state index contributed by atoms with van der Waals surface area (Å²) >= 11 is 3.67. The molecule has 4 rings (SSSR count). The van der Waals surface area contributed by atoms with Gasteiger partial charge >= 0.3 is 0 Å². The molecular formula is C24H29BrN2O. The number of benzene rings is 2. The Morgan fingerprint density at radius 1 is 1.00 bits per heavy atom. The summed E-state index contributed by atoms with van der Waals surface area (Å²) in [6.45, 7) is 4.47. The maximum absolute atomic E-state index is 11.5. The molecule has 2 aromatic carbocycles. The number of nitrogens with zero attached hydrogens (tertiary/aromatic N) is 2. The van der Waals surface area contributed by atoms with Gasteiger partial charge in [-0.2, -0.15) is 0 Å². The number of rotatable bonds is 7. The Bertz CT molecular complexity index is 803. The lowest BCUT2D eigenvalue weighted by atomic mass is 9.91. The summed E-state index contributed by atoms with van der Waals surface area (Å²) in [5.41, 5.74) is 4.07. The highest BCUT2D eigenvalue weighted by molar-refractivity contribution is 9.10. The van der Waals surface area contributed by atoms with E-state index in [1.54, 1.807) is 0 Å². The molecule has 1 unspecified atom stereocenters. The predicted octanol–water partition coefficient (Wildman–Crippen LogP) is 4.72. The van der Waals surface area contributed by atoms with Crippen molar-refractivity contribution in [2.45, 2.75) is 38.1 Å². The highest BCUT2D eigenvalue weighted by Gasteiger charge is 2.28. The maximum Gasteiger partial charge on any atom is 0.142 e. The molecule has 2 aromatic rings. The van der Waals surface area contributed by atoms with Crippen molar-refractivity contribution >= 4 is 27.9 Å². The van der Waals surface area contributed by atoms with Crippen LogP contribution >= 0.6 is 15.9 Å². The summed E-state index contributed by atoms with van der Waals surface area (Å²) in [7, 11) is 0. The van der Waals surface area contributed by atoms with Crippen LogP contribution in [0.25, 0.3) is 0 Å². The summed E-state index contributed by atoms with van der Waals surface area (Å²) in [5, 5.41) is 0. The van der Waals surface area contributed by atoms with Crippen LogP contribution in [0, 0.1) is 5.92 Å². The quantitative estimate of drug-likeness (QED) is 0.581. The average molecular weight is 441 g/mol. The topological polar surface area (TPSA) is 23.6 Å². The van der Waals surface area contributed by atoms with Crippen molar-refractivity contribution in [1.29, 1.82) is 0 Å². The fourth-order valence-corrected chi connectivity index (χ4v) is 5.09. The maximum atomic E-state index is 11.5. The van der Waals surface area contributed by atoms with Crippen LogP contribution in [0.1, 0.15) is 30.4 Å². The molecule has 28 heavy (non-hydrogen) atoms. The van der Waals surface area contributed by atoms with E-state index in [0.717, 1.165) is 51.0 Å². The lowest BCUT2D eigenvalue weighted by molar-refractivity contribution is -0.109. The Hall–Kier alpha value is -1.65. The molecule has 2 aliphatic heterocycles. The Labute approximate surface area is 176 Å². The second kappa shape index (κ2) is 9.23. The van der Waals surface area contributed by atoms with Crippen LogP contribution in [0.4, 0.5) is 5.69 Å². The second-order valence-electron chi connectivity index (χ2n) is 8.19. The monoisotopic (exact) mass is 440 g/mol. The van der Waals surface area contributed by atoms with Crippen molar-refractivity contribution in [3.8, 4) is 0 Å². The zero-order chi connectivity index (χ0) is 19.3. The molecule has 0 radical (unpaired) electrons. The first-order valence-corrected chi connectivity index (χ1v) is 11.3. The van der Waals surface area contributed by atoms with Gasteiger partial charge in [0.15, 0.2) is 0 Å². The number of carbonyl (C=O) groups is 1. The van der Waals surface area contributed by atoms with E-state index in [1.165, 1.54) is 40.8 Å². The smallest absolute Gasteiger partial charge is 0.142 e. The number of para-hydroxylation sites is 1. The van der Waals surface area contributed by atoms with Crippen LogP contribution in [-0.4, -0.2) is 43.4 Å². The first-order chi connectivity index (χ1) is 13.7. The molecule has 2 fully saturated rings. The molecule has 2 aliphatic rings. The third-order valence-electron chi connectivity index (χ3n) is 6.20. The average Bonchev–Trinajstić information content (AvgIpc) is 2.71. The van der Waals surface area contributed by atoms with Crippen molar-refractivity contribution in [1.82, 2.24) is 4.90 Å². The molecule has 0 aromatic heterocycles. The molecule has 2 heterocycles. The number of aldehydes is 1. The van der Waals surface area contributed by atoms with Gasteiger partial charge in [0.05, 0.1) is 6.04 Å². The molecule has 0 spiro atoms.